The van der Waals surface area contributed by atoms with E-state index in [4.69, 9.17) is 11.6 Å². The predicted octanol–water partition coefficient (Wildman–Crippen LogP) is 3.74. The van der Waals surface area contributed by atoms with Crippen molar-refractivity contribution in [3.05, 3.63) is 28.5 Å². The quantitative estimate of drug-likeness (QED) is 0.799. The minimum Gasteiger partial charge on any atom is -0.350 e. The first kappa shape index (κ1) is 15.0. The van der Waals surface area contributed by atoms with E-state index in [1.165, 1.54) is 12.8 Å². The number of hydrogen-bond acceptors (Lipinski definition) is 2. The van der Waals surface area contributed by atoms with E-state index in [0.29, 0.717) is 16.3 Å². The molecule has 1 N–H and O–H groups in total. The van der Waals surface area contributed by atoms with Gasteiger partial charge in [-0.05, 0) is 26.3 Å². The molecule has 0 aliphatic carbocycles. The Kier molecular flexibility index (Phi) is 6.13. The van der Waals surface area contributed by atoms with Crippen LogP contribution in [0, 0.1) is 6.92 Å². The van der Waals surface area contributed by atoms with Crippen molar-refractivity contribution in [3.63, 3.8) is 0 Å². The third kappa shape index (κ3) is 4.65. The van der Waals surface area contributed by atoms with Crippen LogP contribution in [0.4, 0.5) is 0 Å². The number of nitrogens with one attached hydrogen (secondary N) is 1. The second-order valence-electron chi connectivity index (χ2n) is 4.66. The lowest BCUT2D eigenvalue weighted by molar-refractivity contribution is 0.0937. The van der Waals surface area contributed by atoms with Crippen LogP contribution in [-0.4, -0.2) is 16.9 Å². The second-order valence-corrected chi connectivity index (χ2v) is 5.09. The van der Waals surface area contributed by atoms with Crippen LogP contribution in [0.25, 0.3) is 0 Å². The van der Waals surface area contributed by atoms with Gasteiger partial charge < -0.3 is 5.32 Å². The van der Waals surface area contributed by atoms with E-state index >= 15 is 0 Å². The summed E-state index contributed by atoms with van der Waals surface area (Å²) in [5.41, 5.74) is 1.27. The van der Waals surface area contributed by atoms with Crippen LogP contribution < -0.4 is 5.32 Å². The molecule has 0 saturated heterocycles. The zero-order valence-electron chi connectivity index (χ0n) is 11.3. The molecule has 18 heavy (non-hydrogen) atoms. The van der Waals surface area contributed by atoms with Crippen molar-refractivity contribution < 1.29 is 4.79 Å². The fourth-order valence-electron chi connectivity index (χ4n) is 1.81. The molecular formula is C14H21ClN2O. The number of aromatic nitrogens is 1. The molecule has 0 bridgehead atoms. The molecule has 0 fully saturated rings. The van der Waals surface area contributed by atoms with E-state index in [2.05, 4.69) is 17.2 Å². The zero-order chi connectivity index (χ0) is 13.5. The number of halogens is 1. The lowest BCUT2D eigenvalue weighted by Gasteiger charge is -2.14. The molecule has 1 rings (SSSR count). The Balaban J connectivity index is 2.56. The Hall–Kier alpha value is -1.09. The highest BCUT2D eigenvalue weighted by Crippen LogP contribution is 2.13. The minimum atomic E-state index is -0.0912. The average Bonchev–Trinajstić information content (AvgIpc) is 2.32. The highest BCUT2D eigenvalue weighted by molar-refractivity contribution is 6.30. The third-order valence-corrected chi connectivity index (χ3v) is 3.12. The first-order valence-electron chi connectivity index (χ1n) is 6.47. The van der Waals surface area contributed by atoms with Gasteiger partial charge in [-0.3, -0.25) is 9.78 Å². The summed E-state index contributed by atoms with van der Waals surface area (Å²) in [5, 5.41) is 3.48. The van der Waals surface area contributed by atoms with Crippen molar-refractivity contribution >= 4 is 17.5 Å². The molecule has 0 saturated carbocycles. The number of nitrogens with zero attached hydrogens (tertiary/aromatic N) is 1. The molecule has 0 aliphatic heterocycles. The number of hydrogen-bond donors (Lipinski definition) is 1. The molecule has 0 aromatic carbocycles. The summed E-state index contributed by atoms with van der Waals surface area (Å²) < 4.78 is 0. The number of amides is 1. The van der Waals surface area contributed by atoms with Gasteiger partial charge >= 0.3 is 0 Å². The summed E-state index contributed by atoms with van der Waals surface area (Å²) in [6, 6.07) is 1.85. The van der Waals surface area contributed by atoms with Crippen LogP contribution in [0.3, 0.4) is 0 Å². The lowest BCUT2D eigenvalue weighted by atomic mass is 10.1. The van der Waals surface area contributed by atoms with E-state index in [0.717, 1.165) is 12.8 Å². The fraction of sp³-hybridized carbons (Fsp3) is 0.571. The van der Waals surface area contributed by atoms with Gasteiger partial charge in [-0.25, -0.2) is 0 Å². The first-order chi connectivity index (χ1) is 8.54. The molecule has 1 aromatic heterocycles. The van der Waals surface area contributed by atoms with Gasteiger partial charge in [0.15, 0.2) is 0 Å². The Morgan fingerprint density at radius 3 is 2.89 bits per heavy atom. The molecule has 0 spiro atoms. The predicted molar refractivity (Wildman–Crippen MR) is 75.1 cm³/mol. The molecule has 1 heterocycles. The van der Waals surface area contributed by atoms with Gasteiger partial charge in [0.1, 0.15) is 0 Å². The minimum absolute atomic E-state index is 0.0912. The molecule has 1 atom stereocenters. The summed E-state index contributed by atoms with van der Waals surface area (Å²) in [5.74, 6) is -0.0912. The Morgan fingerprint density at radius 1 is 1.50 bits per heavy atom. The highest BCUT2D eigenvalue weighted by atomic mass is 35.5. The zero-order valence-corrected chi connectivity index (χ0v) is 12.0. The number of aryl methyl sites for hydroxylation is 1. The van der Waals surface area contributed by atoms with Gasteiger partial charge in [-0.1, -0.05) is 37.8 Å². The van der Waals surface area contributed by atoms with Crippen molar-refractivity contribution in [3.8, 4) is 0 Å². The maximum Gasteiger partial charge on any atom is 0.253 e. The summed E-state index contributed by atoms with van der Waals surface area (Å²) in [6.07, 6.45) is 6.10. The van der Waals surface area contributed by atoms with Crippen LogP contribution in [0.15, 0.2) is 12.3 Å². The van der Waals surface area contributed by atoms with Crippen LogP contribution in [-0.2, 0) is 0 Å². The third-order valence-electron chi connectivity index (χ3n) is 2.92. The average molecular weight is 269 g/mol. The summed E-state index contributed by atoms with van der Waals surface area (Å²) in [4.78, 5) is 16.1. The van der Waals surface area contributed by atoms with Crippen LogP contribution in [0.2, 0.25) is 5.02 Å². The maximum absolute atomic E-state index is 12.1. The normalized spacial score (nSPS) is 12.2. The molecule has 1 aromatic rings. The van der Waals surface area contributed by atoms with Gasteiger partial charge in [0.25, 0.3) is 5.91 Å². The molecule has 3 nitrogen and oxygen atoms in total. The van der Waals surface area contributed by atoms with Gasteiger partial charge in [0.2, 0.25) is 0 Å². The first-order valence-corrected chi connectivity index (χ1v) is 6.85. The molecule has 100 valence electrons. The van der Waals surface area contributed by atoms with Crippen LogP contribution in [0.1, 0.15) is 55.6 Å². The molecule has 0 radical (unpaired) electrons. The lowest BCUT2D eigenvalue weighted by Crippen LogP contribution is -2.33. The number of carbonyl (C=O) groups is 1. The van der Waals surface area contributed by atoms with E-state index < -0.39 is 0 Å². The standard InChI is InChI=1S/C14H21ClN2O/c1-4-5-6-7-10(2)17-14(18)13-8-12(15)9-16-11(13)3/h8-10H,4-7H2,1-3H3,(H,17,18)/t10-/m1/s1. The number of carbonyl (C=O) groups excluding carboxylic acids is 1. The van der Waals surface area contributed by atoms with Gasteiger partial charge in [-0.15, -0.1) is 0 Å². The monoisotopic (exact) mass is 268 g/mol. The number of rotatable bonds is 6. The summed E-state index contributed by atoms with van der Waals surface area (Å²) in [6.45, 7) is 6.01. The molecule has 0 aliphatic rings. The van der Waals surface area contributed by atoms with Crippen molar-refractivity contribution in [2.24, 2.45) is 0 Å². The topological polar surface area (TPSA) is 42.0 Å². The largest absolute Gasteiger partial charge is 0.350 e. The number of pyridine rings is 1. The van der Waals surface area contributed by atoms with Crippen LogP contribution in [0.5, 0.6) is 0 Å². The molecule has 4 heteroatoms. The highest BCUT2D eigenvalue weighted by Gasteiger charge is 2.13. The van der Waals surface area contributed by atoms with Crippen molar-refractivity contribution in [1.29, 1.82) is 0 Å². The Labute approximate surface area is 114 Å². The number of unbranched alkanes of at least 4 members (excludes halogenated alkanes) is 2. The second kappa shape index (κ2) is 7.37. The molecule has 1 amide bonds. The van der Waals surface area contributed by atoms with Gasteiger partial charge in [-0.2, -0.15) is 0 Å². The van der Waals surface area contributed by atoms with Gasteiger partial charge in [0.05, 0.1) is 16.3 Å². The van der Waals surface area contributed by atoms with Crippen molar-refractivity contribution in [1.82, 2.24) is 10.3 Å². The van der Waals surface area contributed by atoms with E-state index in [1.54, 1.807) is 12.3 Å². The summed E-state index contributed by atoms with van der Waals surface area (Å²) in [7, 11) is 0. The maximum atomic E-state index is 12.1. The Morgan fingerprint density at radius 2 is 2.22 bits per heavy atom. The van der Waals surface area contributed by atoms with Crippen molar-refractivity contribution in [2.75, 3.05) is 0 Å². The summed E-state index contributed by atoms with van der Waals surface area (Å²) >= 11 is 5.86. The molecular weight excluding hydrogens is 248 g/mol. The van der Waals surface area contributed by atoms with Crippen LogP contribution >= 0.6 is 11.6 Å². The SMILES string of the molecule is CCCCC[C@@H](C)NC(=O)c1cc(Cl)cnc1C. The fourth-order valence-corrected chi connectivity index (χ4v) is 1.97. The molecule has 0 unspecified atom stereocenters. The smallest absolute Gasteiger partial charge is 0.253 e. The van der Waals surface area contributed by atoms with Gasteiger partial charge in [0, 0.05) is 12.2 Å². The van der Waals surface area contributed by atoms with E-state index in [9.17, 15) is 4.79 Å². The van der Waals surface area contributed by atoms with E-state index in [-0.39, 0.29) is 11.9 Å². The van der Waals surface area contributed by atoms with E-state index in [1.807, 2.05) is 13.8 Å². The Bertz CT molecular complexity index is 407. The van der Waals surface area contributed by atoms with Crippen molar-refractivity contribution in [2.45, 2.75) is 52.5 Å².